The molecule has 1 rings (SSSR count). The Hall–Kier alpha value is -1.53. The molecule has 1 heterocycles. The van der Waals surface area contributed by atoms with Gasteiger partial charge in [0.1, 0.15) is 5.69 Å². The van der Waals surface area contributed by atoms with Crippen molar-refractivity contribution in [2.24, 2.45) is 0 Å². The molecule has 0 aliphatic carbocycles. The fraction of sp³-hybridized carbons (Fsp3) is 0.643. The van der Waals surface area contributed by atoms with E-state index in [0.717, 1.165) is 6.42 Å². The highest BCUT2D eigenvalue weighted by molar-refractivity contribution is 5.93. The lowest BCUT2D eigenvalue weighted by Crippen LogP contribution is -2.27. The van der Waals surface area contributed by atoms with E-state index in [0.29, 0.717) is 37.7 Å². The van der Waals surface area contributed by atoms with Crippen molar-refractivity contribution in [3.05, 3.63) is 18.0 Å². The number of amides is 1. The molecule has 1 aromatic heterocycles. The average Bonchev–Trinajstić information content (AvgIpc) is 2.80. The first kappa shape index (κ1) is 16.5. The van der Waals surface area contributed by atoms with Crippen LogP contribution in [0, 0.1) is 0 Å². The van der Waals surface area contributed by atoms with E-state index < -0.39 is 0 Å². The van der Waals surface area contributed by atoms with Crippen molar-refractivity contribution in [2.75, 3.05) is 39.2 Å². The van der Waals surface area contributed by atoms with Gasteiger partial charge in [-0.15, -0.1) is 0 Å². The Morgan fingerprint density at radius 3 is 2.80 bits per heavy atom. The van der Waals surface area contributed by atoms with Gasteiger partial charge in [-0.25, -0.2) is 0 Å². The van der Waals surface area contributed by atoms with Crippen LogP contribution in [0.5, 0.6) is 0 Å². The summed E-state index contributed by atoms with van der Waals surface area (Å²) in [6.45, 7) is 6.39. The highest BCUT2D eigenvalue weighted by atomic mass is 16.5. The third-order valence-electron chi connectivity index (χ3n) is 2.84. The van der Waals surface area contributed by atoms with Gasteiger partial charge in [0.2, 0.25) is 0 Å². The number of nitrogens with one attached hydrogen (secondary N) is 1. The first-order valence-corrected chi connectivity index (χ1v) is 6.88. The Balaban J connectivity index is 2.32. The standard InChI is InChI=1S/C14H25N3O3/c1-11(2)17-10-12(15)9-13(17)14(18)16-5-4-6-20-8-7-19-3/h9-11H,4-8,15H2,1-3H3,(H,16,18). The van der Waals surface area contributed by atoms with Gasteiger partial charge in [0.05, 0.1) is 18.9 Å². The average molecular weight is 283 g/mol. The van der Waals surface area contributed by atoms with Crippen LogP contribution in [0.3, 0.4) is 0 Å². The van der Waals surface area contributed by atoms with Gasteiger partial charge in [-0.2, -0.15) is 0 Å². The maximum Gasteiger partial charge on any atom is 0.267 e. The molecule has 0 saturated heterocycles. The van der Waals surface area contributed by atoms with Crippen LogP contribution in [0.15, 0.2) is 12.3 Å². The fourth-order valence-electron chi connectivity index (χ4n) is 1.82. The molecule has 0 fully saturated rings. The first-order valence-electron chi connectivity index (χ1n) is 6.88. The van der Waals surface area contributed by atoms with E-state index in [2.05, 4.69) is 5.32 Å². The maximum absolute atomic E-state index is 12.1. The zero-order chi connectivity index (χ0) is 15.0. The van der Waals surface area contributed by atoms with E-state index in [1.807, 2.05) is 18.4 Å². The van der Waals surface area contributed by atoms with Gasteiger partial charge in [0.15, 0.2) is 0 Å². The molecule has 0 aliphatic rings. The SMILES string of the molecule is COCCOCCCNC(=O)c1cc(N)cn1C(C)C. The van der Waals surface area contributed by atoms with E-state index in [9.17, 15) is 4.79 Å². The summed E-state index contributed by atoms with van der Waals surface area (Å²) in [6.07, 6.45) is 2.56. The van der Waals surface area contributed by atoms with Crippen LogP contribution in [0.25, 0.3) is 0 Å². The minimum atomic E-state index is -0.104. The number of ether oxygens (including phenoxy) is 2. The molecule has 0 bridgehead atoms. The number of anilines is 1. The van der Waals surface area contributed by atoms with Gasteiger partial charge < -0.3 is 25.1 Å². The van der Waals surface area contributed by atoms with E-state index in [1.165, 1.54) is 0 Å². The molecule has 0 spiro atoms. The Kier molecular flexibility index (Phi) is 7.11. The molecular formula is C14H25N3O3. The van der Waals surface area contributed by atoms with Crippen LogP contribution in [0.1, 0.15) is 36.8 Å². The normalized spacial score (nSPS) is 11.0. The molecule has 1 aromatic rings. The topological polar surface area (TPSA) is 78.5 Å². The highest BCUT2D eigenvalue weighted by Gasteiger charge is 2.14. The van der Waals surface area contributed by atoms with Crippen LogP contribution in [0.4, 0.5) is 5.69 Å². The van der Waals surface area contributed by atoms with Gasteiger partial charge in [-0.3, -0.25) is 4.79 Å². The quantitative estimate of drug-likeness (QED) is 0.672. The van der Waals surface area contributed by atoms with E-state index in [1.54, 1.807) is 19.4 Å². The predicted molar refractivity (Wildman–Crippen MR) is 78.9 cm³/mol. The number of nitrogen functional groups attached to an aromatic ring is 1. The summed E-state index contributed by atoms with van der Waals surface area (Å²) in [5.41, 5.74) is 6.94. The molecule has 0 radical (unpaired) electrons. The van der Waals surface area contributed by atoms with Crippen molar-refractivity contribution in [3.8, 4) is 0 Å². The lowest BCUT2D eigenvalue weighted by molar-refractivity contribution is 0.0688. The van der Waals surface area contributed by atoms with E-state index in [4.69, 9.17) is 15.2 Å². The summed E-state index contributed by atoms with van der Waals surface area (Å²) < 4.78 is 12.1. The molecule has 0 atom stereocenters. The molecule has 0 saturated carbocycles. The summed E-state index contributed by atoms with van der Waals surface area (Å²) in [5.74, 6) is -0.104. The third kappa shape index (κ3) is 5.22. The van der Waals surface area contributed by atoms with Gasteiger partial charge >= 0.3 is 0 Å². The second-order valence-corrected chi connectivity index (χ2v) is 4.87. The molecule has 3 N–H and O–H groups in total. The minimum Gasteiger partial charge on any atom is -0.397 e. The Labute approximate surface area is 120 Å². The smallest absolute Gasteiger partial charge is 0.267 e. The summed E-state index contributed by atoms with van der Waals surface area (Å²) >= 11 is 0. The second kappa shape index (κ2) is 8.60. The van der Waals surface area contributed by atoms with E-state index >= 15 is 0 Å². The molecular weight excluding hydrogens is 258 g/mol. The number of hydrogen-bond donors (Lipinski definition) is 2. The highest BCUT2D eigenvalue weighted by Crippen LogP contribution is 2.16. The minimum absolute atomic E-state index is 0.104. The summed E-state index contributed by atoms with van der Waals surface area (Å²) in [6, 6.07) is 1.90. The number of rotatable bonds is 9. The molecule has 0 aliphatic heterocycles. The molecule has 114 valence electrons. The number of carbonyl (C=O) groups excluding carboxylic acids is 1. The fourth-order valence-corrected chi connectivity index (χ4v) is 1.82. The monoisotopic (exact) mass is 283 g/mol. The van der Waals surface area contributed by atoms with E-state index in [-0.39, 0.29) is 11.9 Å². The summed E-state index contributed by atoms with van der Waals surface area (Å²) in [4.78, 5) is 12.1. The van der Waals surface area contributed by atoms with Crippen LogP contribution in [-0.2, 0) is 9.47 Å². The van der Waals surface area contributed by atoms with Gasteiger partial charge in [0.25, 0.3) is 5.91 Å². The number of nitrogens with zero attached hydrogens (tertiary/aromatic N) is 1. The van der Waals surface area contributed by atoms with Crippen LogP contribution in [-0.4, -0.2) is 43.9 Å². The Morgan fingerprint density at radius 2 is 2.15 bits per heavy atom. The molecule has 6 heteroatoms. The predicted octanol–water partition coefficient (Wildman–Crippen LogP) is 1.43. The molecule has 0 unspecified atom stereocenters. The zero-order valence-corrected chi connectivity index (χ0v) is 12.5. The zero-order valence-electron chi connectivity index (χ0n) is 12.5. The second-order valence-electron chi connectivity index (χ2n) is 4.87. The van der Waals surface area contributed by atoms with Gasteiger partial charge in [-0.05, 0) is 26.3 Å². The van der Waals surface area contributed by atoms with Crippen molar-refractivity contribution >= 4 is 11.6 Å². The maximum atomic E-state index is 12.1. The van der Waals surface area contributed by atoms with Crippen molar-refractivity contribution < 1.29 is 14.3 Å². The Morgan fingerprint density at radius 1 is 1.40 bits per heavy atom. The lowest BCUT2D eigenvalue weighted by atomic mass is 10.3. The number of nitrogens with two attached hydrogens (primary N) is 1. The summed E-state index contributed by atoms with van der Waals surface area (Å²) in [7, 11) is 1.64. The third-order valence-corrected chi connectivity index (χ3v) is 2.84. The van der Waals surface area contributed by atoms with Gasteiger partial charge in [-0.1, -0.05) is 0 Å². The first-order chi connectivity index (χ1) is 9.56. The van der Waals surface area contributed by atoms with Crippen molar-refractivity contribution in [1.82, 2.24) is 9.88 Å². The number of hydrogen-bond acceptors (Lipinski definition) is 4. The van der Waals surface area contributed by atoms with Crippen LogP contribution >= 0.6 is 0 Å². The number of aromatic nitrogens is 1. The molecule has 0 aromatic carbocycles. The molecule has 6 nitrogen and oxygen atoms in total. The summed E-state index contributed by atoms with van der Waals surface area (Å²) in [5, 5.41) is 2.87. The Bertz CT molecular complexity index is 416. The molecule has 1 amide bonds. The van der Waals surface area contributed by atoms with Crippen molar-refractivity contribution in [3.63, 3.8) is 0 Å². The van der Waals surface area contributed by atoms with Crippen molar-refractivity contribution in [1.29, 1.82) is 0 Å². The molecule has 20 heavy (non-hydrogen) atoms. The largest absolute Gasteiger partial charge is 0.397 e. The number of methoxy groups -OCH3 is 1. The van der Waals surface area contributed by atoms with Crippen molar-refractivity contribution in [2.45, 2.75) is 26.3 Å². The van der Waals surface area contributed by atoms with Crippen LogP contribution in [0.2, 0.25) is 0 Å². The number of carbonyl (C=O) groups is 1. The van der Waals surface area contributed by atoms with Gasteiger partial charge in [0, 0.05) is 32.5 Å². The lowest BCUT2D eigenvalue weighted by Gasteiger charge is -2.12. The van der Waals surface area contributed by atoms with Crippen LogP contribution < -0.4 is 11.1 Å².